The van der Waals surface area contributed by atoms with E-state index in [1.807, 2.05) is 6.92 Å². The van der Waals surface area contributed by atoms with Gasteiger partial charge in [-0.2, -0.15) is 0 Å². The molecule has 11 heteroatoms. The number of nitrogens with one attached hydrogen (secondary N) is 1. The second kappa shape index (κ2) is 11.4. The SMILES string of the molecule is C=C(F)C(=O)Nc1ccc(-c2c(-c3ccc(Oc4nccc(C)n4)cc3)c(C(N)=O)c3cnc(CCO)cn23)cc1. The van der Waals surface area contributed by atoms with Gasteiger partial charge >= 0.3 is 6.01 Å². The third-order valence-electron chi connectivity index (χ3n) is 6.28. The molecule has 0 unspecified atom stereocenters. The number of primary amides is 1. The van der Waals surface area contributed by atoms with Gasteiger partial charge < -0.3 is 25.3 Å². The van der Waals surface area contributed by atoms with E-state index in [1.165, 1.54) is 0 Å². The van der Waals surface area contributed by atoms with E-state index in [0.29, 0.717) is 51.5 Å². The number of nitrogens with two attached hydrogens (primary N) is 1. The fourth-order valence-corrected chi connectivity index (χ4v) is 4.43. The number of ether oxygens (including phenoxy) is 1. The first kappa shape index (κ1) is 27.2. The lowest BCUT2D eigenvalue weighted by molar-refractivity contribution is -0.114. The third kappa shape index (κ3) is 5.65. The normalized spacial score (nSPS) is 10.9. The lowest BCUT2D eigenvalue weighted by Gasteiger charge is -2.11. The van der Waals surface area contributed by atoms with Gasteiger partial charge in [0.25, 0.3) is 11.8 Å². The largest absolute Gasteiger partial charge is 0.424 e. The Morgan fingerprint density at radius 3 is 2.41 bits per heavy atom. The average Bonchev–Trinajstić information content (AvgIpc) is 3.29. The van der Waals surface area contributed by atoms with Crippen LogP contribution < -0.4 is 15.8 Å². The van der Waals surface area contributed by atoms with Crippen molar-refractivity contribution in [3.8, 4) is 34.1 Å². The maximum atomic E-state index is 13.2. The second-order valence-corrected chi connectivity index (χ2v) is 9.11. The average molecular weight is 553 g/mol. The highest BCUT2D eigenvalue weighted by Crippen LogP contribution is 2.40. The number of aliphatic hydroxyl groups excluding tert-OH is 1. The molecule has 0 aliphatic rings. The van der Waals surface area contributed by atoms with Crippen molar-refractivity contribution in [3.05, 3.63) is 103 Å². The Hall–Kier alpha value is -5.42. The number of hydrogen-bond donors (Lipinski definition) is 3. The Morgan fingerprint density at radius 2 is 1.78 bits per heavy atom. The van der Waals surface area contributed by atoms with E-state index >= 15 is 0 Å². The van der Waals surface area contributed by atoms with Crippen molar-refractivity contribution in [1.82, 2.24) is 19.4 Å². The molecule has 0 radical (unpaired) electrons. The molecule has 5 aromatic rings. The number of anilines is 1. The summed E-state index contributed by atoms with van der Waals surface area (Å²) in [6.45, 7) is 4.73. The molecule has 41 heavy (non-hydrogen) atoms. The number of amides is 2. The van der Waals surface area contributed by atoms with Gasteiger partial charge in [0, 0.05) is 42.4 Å². The van der Waals surface area contributed by atoms with E-state index < -0.39 is 17.6 Å². The van der Waals surface area contributed by atoms with Crippen LogP contribution >= 0.6 is 0 Å². The van der Waals surface area contributed by atoms with Gasteiger partial charge in [0.15, 0.2) is 5.83 Å². The van der Waals surface area contributed by atoms with Crippen molar-refractivity contribution in [2.24, 2.45) is 5.73 Å². The van der Waals surface area contributed by atoms with Gasteiger partial charge in [-0.25, -0.2) is 14.4 Å². The molecular weight excluding hydrogens is 527 g/mol. The molecule has 0 saturated carbocycles. The Morgan fingerprint density at radius 1 is 1.07 bits per heavy atom. The quantitative estimate of drug-likeness (QED) is 0.226. The molecule has 0 bridgehead atoms. The highest BCUT2D eigenvalue weighted by molar-refractivity contribution is 6.11. The van der Waals surface area contributed by atoms with E-state index in [1.54, 1.807) is 77.6 Å². The van der Waals surface area contributed by atoms with Crippen molar-refractivity contribution in [2.75, 3.05) is 11.9 Å². The van der Waals surface area contributed by atoms with Gasteiger partial charge in [0.05, 0.1) is 28.7 Å². The van der Waals surface area contributed by atoms with Gasteiger partial charge in [-0.3, -0.25) is 14.6 Å². The van der Waals surface area contributed by atoms with Crippen LogP contribution in [0.2, 0.25) is 0 Å². The number of carbonyl (C=O) groups excluding carboxylic acids is 2. The number of aliphatic hydroxyl groups is 1. The Balaban J connectivity index is 1.65. The zero-order valence-electron chi connectivity index (χ0n) is 22.0. The molecule has 3 aromatic heterocycles. The standard InChI is InChI=1S/C30H25FN6O4/c1-17-11-13-33-30(35-17)41-23-9-5-19(6-10-23)25-26(28(32)39)24-15-34-22(12-14-38)16-37(24)27(25)20-3-7-21(8-4-20)36-29(40)18(2)31/h3-11,13,15-16,38H,2,12,14H2,1H3,(H2,32,39)(H,36,40). The van der Waals surface area contributed by atoms with Crippen molar-refractivity contribution in [1.29, 1.82) is 0 Å². The summed E-state index contributed by atoms with van der Waals surface area (Å²) in [5, 5.41) is 11.9. The van der Waals surface area contributed by atoms with Gasteiger partial charge in [0.2, 0.25) is 0 Å². The third-order valence-corrected chi connectivity index (χ3v) is 6.28. The van der Waals surface area contributed by atoms with E-state index in [9.17, 15) is 19.1 Å². The summed E-state index contributed by atoms with van der Waals surface area (Å²) < 4.78 is 20.8. The Bertz CT molecular complexity index is 1780. The maximum absolute atomic E-state index is 13.2. The van der Waals surface area contributed by atoms with Crippen molar-refractivity contribution >= 4 is 23.0 Å². The topological polar surface area (TPSA) is 145 Å². The summed E-state index contributed by atoms with van der Waals surface area (Å²) in [6, 6.07) is 15.7. The molecule has 0 fully saturated rings. The minimum atomic E-state index is -1.11. The number of rotatable bonds is 9. The molecular formula is C30H25FN6O4. The fourth-order valence-electron chi connectivity index (χ4n) is 4.43. The highest BCUT2D eigenvalue weighted by atomic mass is 19.1. The number of aromatic nitrogens is 4. The van der Waals surface area contributed by atoms with Crippen LogP contribution in [-0.4, -0.2) is 42.9 Å². The summed E-state index contributed by atoms with van der Waals surface area (Å²) >= 11 is 0. The Kier molecular flexibility index (Phi) is 7.53. The number of fused-ring (bicyclic) bond motifs is 1. The number of halogens is 1. The van der Waals surface area contributed by atoms with Crippen molar-refractivity contribution in [2.45, 2.75) is 13.3 Å². The van der Waals surface area contributed by atoms with Crippen LogP contribution in [0.3, 0.4) is 0 Å². The summed E-state index contributed by atoms with van der Waals surface area (Å²) in [6.07, 6.45) is 5.20. The predicted molar refractivity (Wildman–Crippen MR) is 151 cm³/mol. The molecule has 3 heterocycles. The van der Waals surface area contributed by atoms with Crippen molar-refractivity contribution < 1.29 is 23.8 Å². The van der Waals surface area contributed by atoms with Gasteiger partial charge in [-0.05, 0) is 48.4 Å². The lowest BCUT2D eigenvalue weighted by atomic mass is 9.96. The molecule has 0 saturated heterocycles. The zero-order chi connectivity index (χ0) is 29.1. The van der Waals surface area contributed by atoms with Crippen LogP contribution in [-0.2, 0) is 11.2 Å². The minimum Gasteiger partial charge on any atom is -0.424 e. The number of carbonyl (C=O) groups is 2. The molecule has 0 atom stereocenters. The van der Waals surface area contributed by atoms with Crippen LogP contribution in [0.4, 0.5) is 10.1 Å². The van der Waals surface area contributed by atoms with E-state index in [4.69, 9.17) is 10.5 Å². The lowest BCUT2D eigenvalue weighted by Crippen LogP contribution is -2.12. The summed E-state index contributed by atoms with van der Waals surface area (Å²) in [5.41, 5.74) is 10.9. The molecule has 4 N–H and O–H groups in total. The van der Waals surface area contributed by atoms with Gasteiger partial charge in [-0.15, -0.1) is 0 Å². The number of benzene rings is 2. The zero-order valence-corrected chi connectivity index (χ0v) is 22.0. The van der Waals surface area contributed by atoms with E-state index in [-0.39, 0.29) is 18.2 Å². The summed E-state index contributed by atoms with van der Waals surface area (Å²) in [7, 11) is 0. The number of aryl methyl sites for hydroxylation is 1. The smallest absolute Gasteiger partial charge is 0.322 e. The summed E-state index contributed by atoms with van der Waals surface area (Å²) in [5.74, 6) is -2.21. The first-order valence-corrected chi connectivity index (χ1v) is 12.5. The van der Waals surface area contributed by atoms with Crippen LogP contribution in [0.5, 0.6) is 11.8 Å². The Labute approximate surface area is 234 Å². The number of nitrogens with zero attached hydrogens (tertiary/aromatic N) is 4. The maximum Gasteiger partial charge on any atom is 0.322 e. The molecule has 0 aliphatic carbocycles. The highest BCUT2D eigenvalue weighted by Gasteiger charge is 2.25. The van der Waals surface area contributed by atoms with Crippen molar-refractivity contribution in [3.63, 3.8) is 0 Å². The van der Waals surface area contributed by atoms with E-state index in [0.717, 1.165) is 5.69 Å². The van der Waals surface area contributed by atoms with Crippen LogP contribution in [0, 0.1) is 6.92 Å². The first-order chi connectivity index (χ1) is 19.7. The fraction of sp³-hybridized carbons (Fsp3) is 0.100. The first-order valence-electron chi connectivity index (χ1n) is 12.5. The molecule has 2 amide bonds. The number of hydrogen-bond acceptors (Lipinski definition) is 7. The molecule has 206 valence electrons. The minimum absolute atomic E-state index is 0.106. The predicted octanol–water partition coefficient (Wildman–Crippen LogP) is 4.61. The molecule has 5 rings (SSSR count). The molecule has 0 aliphatic heterocycles. The molecule has 10 nitrogen and oxygen atoms in total. The molecule has 0 spiro atoms. The second-order valence-electron chi connectivity index (χ2n) is 9.11. The summed E-state index contributed by atoms with van der Waals surface area (Å²) in [4.78, 5) is 37.4. The monoisotopic (exact) mass is 552 g/mol. The van der Waals surface area contributed by atoms with Gasteiger partial charge in [-0.1, -0.05) is 30.8 Å². The van der Waals surface area contributed by atoms with E-state index in [2.05, 4.69) is 26.8 Å². The van der Waals surface area contributed by atoms with Gasteiger partial charge in [0.1, 0.15) is 5.75 Å². The van der Waals surface area contributed by atoms with Crippen LogP contribution in [0.15, 0.2) is 85.6 Å². The van der Waals surface area contributed by atoms with Crippen LogP contribution in [0.25, 0.3) is 27.9 Å². The molecule has 2 aromatic carbocycles. The van der Waals surface area contributed by atoms with Crippen LogP contribution in [0.1, 0.15) is 21.7 Å².